The molecule has 2 amide bonds. The van der Waals surface area contributed by atoms with Crippen LogP contribution in [0, 0.1) is 6.92 Å². The van der Waals surface area contributed by atoms with Crippen LogP contribution in [-0.2, 0) is 11.2 Å². The number of carbonyl (C=O) groups excluding carboxylic acids is 1. The minimum Gasteiger partial charge on any atom is -0.481 e. The maximum atomic E-state index is 12.2. The molecular weight excluding hydrogens is 344 g/mol. The van der Waals surface area contributed by atoms with Crippen LogP contribution in [0.2, 0.25) is 0 Å². The summed E-state index contributed by atoms with van der Waals surface area (Å²) < 4.78 is 0. The molecule has 2 rings (SSSR count). The van der Waals surface area contributed by atoms with Crippen molar-refractivity contribution in [3.05, 3.63) is 71.3 Å². The lowest BCUT2D eigenvalue weighted by Gasteiger charge is -2.20. The zero-order valence-corrected chi connectivity index (χ0v) is 15.4. The normalized spacial score (nSPS) is 12.8. The van der Waals surface area contributed by atoms with Crippen molar-refractivity contribution in [1.29, 1.82) is 0 Å². The Morgan fingerprint density at radius 3 is 2.37 bits per heavy atom. The number of carbonyl (C=O) groups is 2. The molecule has 0 aliphatic carbocycles. The number of aliphatic hydroxyl groups is 1. The molecule has 0 bridgehead atoms. The number of urea groups is 1. The maximum Gasteiger partial charge on any atom is 0.315 e. The standard InChI is InChI=1S/C21H26N2O4/c1-15-7-5-6-10-18(15)19(24)14-22-21(27)23-17(11-12-20(25)26)13-16-8-3-2-4-9-16/h2-10,17,19,24H,11-14H2,1H3,(H,25,26)(H2,22,23,27). The average molecular weight is 370 g/mol. The highest BCUT2D eigenvalue weighted by Crippen LogP contribution is 2.16. The number of nitrogens with one attached hydrogen (secondary N) is 2. The van der Waals surface area contributed by atoms with E-state index in [1.165, 1.54) is 0 Å². The van der Waals surface area contributed by atoms with Crippen LogP contribution in [-0.4, -0.2) is 34.8 Å². The van der Waals surface area contributed by atoms with Crippen LogP contribution in [0.15, 0.2) is 54.6 Å². The van der Waals surface area contributed by atoms with Gasteiger partial charge in [0.05, 0.1) is 6.10 Å². The summed E-state index contributed by atoms with van der Waals surface area (Å²) in [5, 5.41) is 24.7. The molecule has 0 fully saturated rings. The molecule has 0 aromatic heterocycles. The van der Waals surface area contributed by atoms with Crippen LogP contribution in [0.5, 0.6) is 0 Å². The average Bonchev–Trinajstić information content (AvgIpc) is 2.65. The highest BCUT2D eigenvalue weighted by Gasteiger charge is 2.16. The number of aryl methyl sites for hydroxylation is 1. The van der Waals surface area contributed by atoms with Crippen molar-refractivity contribution in [2.75, 3.05) is 6.54 Å². The van der Waals surface area contributed by atoms with Crippen LogP contribution in [0.1, 0.15) is 35.6 Å². The zero-order chi connectivity index (χ0) is 19.6. The van der Waals surface area contributed by atoms with Crippen molar-refractivity contribution in [3.63, 3.8) is 0 Å². The van der Waals surface area contributed by atoms with Gasteiger partial charge in [0.1, 0.15) is 0 Å². The molecule has 0 aliphatic rings. The number of carboxylic acid groups (broad SMARTS) is 1. The minimum absolute atomic E-state index is 0.0242. The smallest absolute Gasteiger partial charge is 0.315 e. The molecule has 2 aromatic rings. The van der Waals surface area contributed by atoms with Crippen molar-refractivity contribution < 1.29 is 19.8 Å². The lowest BCUT2D eigenvalue weighted by molar-refractivity contribution is -0.137. The molecule has 0 aliphatic heterocycles. The van der Waals surface area contributed by atoms with Gasteiger partial charge in [0.25, 0.3) is 0 Å². The first-order valence-electron chi connectivity index (χ1n) is 8.99. The second kappa shape index (κ2) is 10.3. The lowest BCUT2D eigenvalue weighted by atomic mass is 10.0. The Bertz CT molecular complexity index is 749. The summed E-state index contributed by atoms with van der Waals surface area (Å²) >= 11 is 0. The molecule has 0 saturated heterocycles. The molecular formula is C21H26N2O4. The number of hydrogen-bond donors (Lipinski definition) is 4. The third-order valence-electron chi connectivity index (χ3n) is 4.37. The molecule has 2 aromatic carbocycles. The molecule has 6 nitrogen and oxygen atoms in total. The second-order valence-corrected chi connectivity index (χ2v) is 6.55. The Labute approximate surface area is 159 Å². The molecule has 6 heteroatoms. The summed E-state index contributed by atoms with van der Waals surface area (Å²) in [7, 11) is 0. The largest absolute Gasteiger partial charge is 0.481 e. The number of rotatable bonds is 9. The number of aliphatic carboxylic acids is 1. The third kappa shape index (κ3) is 7.11. The van der Waals surface area contributed by atoms with Gasteiger partial charge >= 0.3 is 12.0 Å². The molecule has 144 valence electrons. The number of aliphatic hydroxyl groups excluding tert-OH is 1. The minimum atomic E-state index is -0.898. The quantitative estimate of drug-likeness (QED) is 0.545. The number of hydrogen-bond acceptors (Lipinski definition) is 3. The Kier molecular flexibility index (Phi) is 7.82. The van der Waals surface area contributed by atoms with E-state index in [4.69, 9.17) is 5.11 Å². The fourth-order valence-electron chi connectivity index (χ4n) is 2.92. The second-order valence-electron chi connectivity index (χ2n) is 6.55. The summed E-state index contributed by atoms with van der Waals surface area (Å²) in [5.41, 5.74) is 2.74. The Morgan fingerprint density at radius 2 is 1.70 bits per heavy atom. The molecule has 0 spiro atoms. The van der Waals surface area contributed by atoms with Gasteiger partial charge in [-0.05, 0) is 36.5 Å². The van der Waals surface area contributed by atoms with Gasteiger partial charge in [0, 0.05) is 19.0 Å². The van der Waals surface area contributed by atoms with Crippen LogP contribution in [0.25, 0.3) is 0 Å². The van der Waals surface area contributed by atoms with E-state index in [1.807, 2.05) is 61.5 Å². The zero-order valence-electron chi connectivity index (χ0n) is 15.4. The van der Waals surface area contributed by atoms with E-state index >= 15 is 0 Å². The number of benzene rings is 2. The van der Waals surface area contributed by atoms with Gasteiger partial charge < -0.3 is 20.8 Å². The number of amides is 2. The summed E-state index contributed by atoms with van der Waals surface area (Å²) in [6.45, 7) is 1.98. The van der Waals surface area contributed by atoms with E-state index in [-0.39, 0.29) is 19.0 Å². The third-order valence-corrected chi connectivity index (χ3v) is 4.37. The predicted molar refractivity (Wildman–Crippen MR) is 103 cm³/mol. The van der Waals surface area contributed by atoms with Crippen LogP contribution < -0.4 is 10.6 Å². The first-order valence-corrected chi connectivity index (χ1v) is 8.99. The monoisotopic (exact) mass is 370 g/mol. The van der Waals surface area contributed by atoms with Crippen molar-refractivity contribution in [3.8, 4) is 0 Å². The van der Waals surface area contributed by atoms with Crippen molar-refractivity contribution in [2.24, 2.45) is 0 Å². The van der Waals surface area contributed by atoms with E-state index in [0.717, 1.165) is 16.7 Å². The molecule has 0 radical (unpaired) electrons. The van der Waals surface area contributed by atoms with E-state index in [9.17, 15) is 14.7 Å². The van der Waals surface area contributed by atoms with Crippen LogP contribution in [0.4, 0.5) is 4.79 Å². The highest BCUT2D eigenvalue weighted by atomic mass is 16.4. The fraction of sp³-hybridized carbons (Fsp3) is 0.333. The van der Waals surface area contributed by atoms with Gasteiger partial charge in [0.2, 0.25) is 0 Å². The summed E-state index contributed by atoms with van der Waals surface area (Å²) in [6, 6.07) is 16.3. The first-order chi connectivity index (χ1) is 13.0. The molecule has 0 saturated carbocycles. The molecule has 4 N–H and O–H groups in total. The van der Waals surface area contributed by atoms with E-state index < -0.39 is 18.1 Å². The van der Waals surface area contributed by atoms with Gasteiger partial charge in [0.15, 0.2) is 0 Å². The van der Waals surface area contributed by atoms with Crippen molar-refractivity contribution >= 4 is 12.0 Å². The van der Waals surface area contributed by atoms with Crippen molar-refractivity contribution in [2.45, 2.75) is 38.3 Å². The van der Waals surface area contributed by atoms with Crippen LogP contribution in [0.3, 0.4) is 0 Å². The molecule has 2 unspecified atom stereocenters. The summed E-state index contributed by atoms with van der Waals surface area (Å²) in [5.74, 6) is -0.898. The van der Waals surface area contributed by atoms with E-state index in [1.54, 1.807) is 0 Å². The van der Waals surface area contributed by atoms with Gasteiger partial charge in [-0.15, -0.1) is 0 Å². The van der Waals surface area contributed by atoms with E-state index in [0.29, 0.717) is 12.8 Å². The lowest BCUT2D eigenvalue weighted by Crippen LogP contribution is -2.44. The number of carboxylic acids is 1. The molecule has 2 atom stereocenters. The Morgan fingerprint density at radius 1 is 1.04 bits per heavy atom. The highest BCUT2D eigenvalue weighted by molar-refractivity contribution is 5.74. The summed E-state index contributed by atoms with van der Waals surface area (Å²) in [6.07, 6.45) is 0.0484. The van der Waals surface area contributed by atoms with E-state index in [2.05, 4.69) is 10.6 Å². The topological polar surface area (TPSA) is 98.7 Å². The first kappa shape index (κ1) is 20.5. The molecule has 0 heterocycles. The van der Waals surface area contributed by atoms with Gasteiger partial charge in [-0.3, -0.25) is 4.79 Å². The Balaban J connectivity index is 1.90. The van der Waals surface area contributed by atoms with Gasteiger partial charge in [-0.25, -0.2) is 4.79 Å². The van der Waals surface area contributed by atoms with Gasteiger partial charge in [-0.1, -0.05) is 54.6 Å². The van der Waals surface area contributed by atoms with Crippen LogP contribution >= 0.6 is 0 Å². The SMILES string of the molecule is Cc1ccccc1C(O)CNC(=O)NC(CCC(=O)O)Cc1ccccc1. The summed E-state index contributed by atoms with van der Waals surface area (Å²) in [4.78, 5) is 23.1. The fourth-order valence-corrected chi connectivity index (χ4v) is 2.92. The maximum absolute atomic E-state index is 12.2. The molecule has 27 heavy (non-hydrogen) atoms. The Hall–Kier alpha value is -2.86. The van der Waals surface area contributed by atoms with Crippen molar-refractivity contribution in [1.82, 2.24) is 10.6 Å². The van der Waals surface area contributed by atoms with Gasteiger partial charge in [-0.2, -0.15) is 0 Å². The predicted octanol–water partition coefficient (Wildman–Crippen LogP) is 2.80.